The van der Waals surface area contributed by atoms with E-state index in [-0.39, 0.29) is 18.6 Å². The third-order valence-electron chi connectivity index (χ3n) is 3.36. The van der Waals surface area contributed by atoms with Crippen LogP contribution in [0.25, 0.3) is 0 Å². The average molecular weight is 361 g/mol. The van der Waals surface area contributed by atoms with E-state index < -0.39 is 4.92 Å². The molecule has 1 unspecified atom stereocenters. The summed E-state index contributed by atoms with van der Waals surface area (Å²) in [6.07, 6.45) is 5.81. The van der Waals surface area contributed by atoms with E-state index in [0.717, 1.165) is 5.57 Å². The Labute approximate surface area is 152 Å². The summed E-state index contributed by atoms with van der Waals surface area (Å²) in [7, 11) is 0. The van der Waals surface area contributed by atoms with Crippen LogP contribution in [0.15, 0.2) is 38.8 Å². The van der Waals surface area contributed by atoms with Crippen LogP contribution in [0.1, 0.15) is 12.8 Å². The topological polar surface area (TPSA) is 129 Å². The van der Waals surface area contributed by atoms with Crippen LogP contribution in [0.4, 0.5) is 0 Å². The summed E-state index contributed by atoms with van der Waals surface area (Å²) in [4.78, 5) is 23.3. The summed E-state index contributed by atoms with van der Waals surface area (Å²) in [6.45, 7) is 8.97. The molecule has 1 atom stereocenters. The van der Waals surface area contributed by atoms with Crippen molar-refractivity contribution in [3.05, 3.63) is 33.9 Å². The van der Waals surface area contributed by atoms with E-state index in [1.807, 2.05) is 0 Å². The molecule has 1 fully saturated rings. The standard InChI is InChI=1S/C16H23N7O3/c1-18-7-14(8-20-6-4-3-5-17)9-21-15-10-22(13-26-12-15)11-16(19-2)23(24)25/h7-8,11,15,21H,1-4,6,9-10,12-13H2/b14-7+,16-11+,20-8?. The summed E-state index contributed by atoms with van der Waals surface area (Å²) in [5, 5.41) is 22.6. The second-order valence-corrected chi connectivity index (χ2v) is 5.44. The van der Waals surface area contributed by atoms with Gasteiger partial charge in [0.25, 0.3) is 0 Å². The fourth-order valence-corrected chi connectivity index (χ4v) is 2.16. The van der Waals surface area contributed by atoms with E-state index in [2.05, 4.69) is 39.8 Å². The van der Waals surface area contributed by atoms with Crippen molar-refractivity contribution >= 4 is 19.6 Å². The second-order valence-electron chi connectivity index (χ2n) is 5.44. The number of hydrogen-bond acceptors (Lipinski definition) is 9. The van der Waals surface area contributed by atoms with Crippen molar-refractivity contribution in [2.75, 3.05) is 33.0 Å². The lowest BCUT2D eigenvalue weighted by molar-refractivity contribution is -0.427. The highest BCUT2D eigenvalue weighted by Gasteiger charge is 2.20. The molecule has 0 aliphatic carbocycles. The van der Waals surface area contributed by atoms with Crippen LogP contribution in [0.5, 0.6) is 0 Å². The summed E-state index contributed by atoms with van der Waals surface area (Å²) < 4.78 is 5.45. The first-order chi connectivity index (χ1) is 12.6. The number of nitriles is 1. The van der Waals surface area contributed by atoms with Crippen LogP contribution < -0.4 is 5.32 Å². The minimum Gasteiger partial charge on any atom is -0.359 e. The van der Waals surface area contributed by atoms with Crippen molar-refractivity contribution in [1.82, 2.24) is 10.2 Å². The molecule has 140 valence electrons. The first-order valence-electron chi connectivity index (χ1n) is 8.00. The molecule has 0 aromatic carbocycles. The zero-order chi connectivity index (χ0) is 19.2. The maximum Gasteiger partial charge on any atom is 0.378 e. The molecule has 1 N–H and O–H groups in total. The third-order valence-corrected chi connectivity index (χ3v) is 3.36. The minimum atomic E-state index is -0.594. The molecule has 1 heterocycles. The van der Waals surface area contributed by atoms with E-state index in [1.54, 1.807) is 17.3 Å². The zero-order valence-electron chi connectivity index (χ0n) is 14.6. The second kappa shape index (κ2) is 12.5. The van der Waals surface area contributed by atoms with Crippen molar-refractivity contribution in [2.24, 2.45) is 15.0 Å². The Balaban J connectivity index is 2.54. The fourth-order valence-electron chi connectivity index (χ4n) is 2.16. The first-order valence-corrected chi connectivity index (χ1v) is 8.00. The molecule has 1 aliphatic heterocycles. The molecule has 1 saturated heterocycles. The van der Waals surface area contributed by atoms with Gasteiger partial charge in [0.05, 0.1) is 12.7 Å². The van der Waals surface area contributed by atoms with Crippen molar-refractivity contribution in [1.29, 1.82) is 5.26 Å². The molecule has 0 amide bonds. The quantitative estimate of drug-likeness (QED) is 0.253. The highest BCUT2D eigenvalue weighted by molar-refractivity contribution is 5.79. The molecule has 10 nitrogen and oxygen atoms in total. The monoisotopic (exact) mass is 361 g/mol. The number of rotatable bonds is 11. The van der Waals surface area contributed by atoms with E-state index >= 15 is 0 Å². The summed E-state index contributed by atoms with van der Waals surface area (Å²) in [5.74, 6) is -0.324. The van der Waals surface area contributed by atoms with Gasteiger partial charge in [-0.15, -0.1) is 0 Å². The molecule has 0 spiro atoms. The van der Waals surface area contributed by atoms with Crippen molar-refractivity contribution in [3.63, 3.8) is 0 Å². The molecular formula is C16H23N7O3. The maximum atomic E-state index is 10.8. The van der Waals surface area contributed by atoms with E-state index in [1.165, 1.54) is 6.20 Å². The van der Waals surface area contributed by atoms with Gasteiger partial charge >= 0.3 is 5.82 Å². The summed E-state index contributed by atoms with van der Waals surface area (Å²) in [5.41, 5.74) is 0.836. The lowest BCUT2D eigenvalue weighted by atomic mass is 10.2. The predicted molar refractivity (Wildman–Crippen MR) is 99.8 cm³/mol. The van der Waals surface area contributed by atoms with Gasteiger partial charge in [0.1, 0.15) is 19.6 Å². The van der Waals surface area contributed by atoms with Gasteiger partial charge in [0.2, 0.25) is 0 Å². The maximum absolute atomic E-state index is 10.8. The number of hydrogen-bond donors (Lipinski definition) is 1. The summed E-state index contributed by atoms with van der Waals surface area (Å²) >= 11 is 0. The Kier molecular flexibility index (Phi) is 10.1. The molecule has 1 aliphatic rings. The smallest absolute Gasteiger partial charge is 0.359 e. The van der Waals surface area contributed by atoms with Crippen molar-refractivity contribution < 1.29 is 9.66 Å². The Morgan fingerprint density at radius 2 is 2.35 bits per heavy atom. The fraction of sp³-hybridized carbons (Fsp3) is 0.500. The van der Waals surface area contributed by atoms with Gasteiger partial charge in [-0.25, -0.2) is 0 Å². The molecule has 0 bridgehead atoms. The van der Waals surface area contributed by atoms with E-state index in [9.17, 15) is 10.1 Å². The van der Waals surface area contributed by atoms with Crippen molar-refractivity contribution in [3.8, 4) is 6.07 Å². The Bertz CT molecular complexity index is 622. The molecule has 0 aromatic rings. The number of aliphatic imine (C=N–C) groups is 3. The van der Waals surface area contributed by atoms with Gasteiger partial charge in [-0.3, -0.25) is 9.98 Å². The highest BCUT2D eigenvalue weighted by atomic mass is 16.6. The summed E-state index contributed by atoms with van der Waals surface area (Å²) in [6, 6.07) is 2.04. The SMILES string of the molecule is C=N/C=C(\C=NCCCC#N)CNC1COCN(/C=C(\N=C)[N+](=O)[O-])C1. The molecule has 0 aromatic heterocycles. The Morgan fingerprint density at radius 1 is 1.54 bits per heavy atom. The molecule has 26 heavy (non-hydrogen) atoms. The normalized spacial score (nSPS) is 18.6. The Hall–Kier alpha value is -2.90. The van der Waals surface area contributed by atoms with Crippen molar-refractivity contribution in [2.45, 2.75) is 18.9 Å². The van der Waals surface area contributed by atoms with Gasteiger partial charge in [-0.05, 0) is 18.1 Å². The molecule has 0 saturated carbocycles. The highest BCUT2D eigenvalue weighted by Crippen LogP contribution is 2.07. The lowest BCUT2D eigenvalue weighted by Crippen LogP contribution is -2.48. The van der Waals surface area contributed by atoms with Gasteiger partial charge in [0.15, 0.2) is 0 Å². The number of nitrogens with one attached hydrogen (secondary N) is 1. The predicted octanol–water partition coefficient (Wildman–Crippen LogP) is 0.970. The number of nitrogens with zero attached hydrogens (tertiary/aromatic N) is 6. The molecule has 0 radical (unpaired) electrons. The van der Waals surface area contributed by atoms with Gasteiger partial charge < -0.3 is 25.1 Å². The first kappa shape index (κ1) is 21.1. The van der Waals surface area contributed by atoms with Crippen LogP contribution in [-0.2, 0) is 4.74 Å². The van der Waals surface area contributed by atoms with Gasteiger partial charge in [-0.2, -0.15) is 5.26 Å². The van der Waals surface area contributed by atoms with Gasteiger partial charge in [0, 0.05) is 50.1 Å². The average Bonchev–Trinajstić information content (AvgIpc) is 2.64. The number of unbranched alkanes of at least 4 members (excludes halogenated alkanes) is 1. The van der Waals surface area contributed by atoms with E-state index in [0.29, 0.717) is 39.1 Å². The van der Waals surface area contributed by atoms with E-state index in [4.69, 9.17) is 10.00 Å². The number of nitro groups is 1. The van der Waals surface area contributed by atoms with Crippen LogP contribution in [0, 0.1) is 21.4 Å². The lowest BCUT2D eigenvalue weighted by Gasteiger charge is -2.31. The number of ether oxygens (including phenoxy) is 1. The van der Waals surface area contributed by atoms with Crippen LogP contribution >= 0.6 is 0 Å². The zero-order valence-corrected chi connectivity index (χ0v) is 14.6. The Morgan fingerprint density at radius 3 is 3.00 bits per heavy atom. The van der Waals surface area contributed by atoms with Gasteiger partial charge in [-0.1, -0.05) is 4.99 Å². The van der Waals surface area contributed by atoms with Crippen LogP contribution in [-0.4, -0.2) is 68.5 Å². The van der Waals surface area contributed by atoms with Crippen LogP contribution in [0.3, 0.4) is 0 Å². The minimum absolute atomic E-state index is 0.0296. The largest absolute Gasteiger partial charge is 0.378 e. The molecule has 10 heteroatoms. The van der Waals surface area contributed by atoms with Crippen LogP contribution in [0.2, 0.25) is 0 Å². The molecule has 1 rings (SSSR count). The molecular weight excluding hydrogens is 338 g/mol. The third kappa shape index (κ3) is 8.27.